The molecule has 0 amide bonds. The molecular formula is C9H19NO. The molecule has 1 saturated carbocycles. The van der Waals surface area contributed by atoms with E-state index in [1.54, 1.807) is 0 Å². The Kier molecular flexibility index (Phi) is 2.90. The Morgan fingerprint density at radius 3 is 2.55 bits per heavy atom. The van der Waals surface area contributed by atoms with E-state index >= 15 is 0 Å². The van der Waals surface area contributed by atoms with Crippen LogP contribution in [0.15, 0.2) is 0 Å². The van der Waals surface area contributed by atoms with Gasteiger partial charge in [-0.1, -0.05) is 13.8 Å². The molecule has 0 aromatic carbocycles. The summed E-state index contributed by atoms with van der Waals surface area (Å²) in [6.07, 6.45) is 3.43. The van der Waals surface area contributed by atoms with Gasteiger partial charge in [0.05, 0.1) is 0 Å². The molecule has 0 aliphatic heterocycles. The average molecular weight is 157 g/mol. The maximum absolute atomic E-state index is 5.88. The zero-order valence-electron chi connectivity index (χ0n) is 7.60. The van der Waals surface area contributed by atoms with E-state index in [0.29, 0.717) is 5.92 Å². The maximum Gasteiger partial charge on any atom is 0.0489 e. The van der Waals surface area contributed by atoms with Crippen molar-refractivity contribution >= 4 is 0 Å². The van der Waals surface area contributed by atoms with Crippen LogP contribution < -0.4 is 5.73 Å². The van der Waals surface area contributed by atoms with Gasteiger partial charge in [-0.2, -0.15) is 0 Å². The minimum Gasteiger partial charge on any atom is -0.381 e. The summed E-state index contributed by atoms with van der Waals surface area (Å²) in [4.78, 5) is 0. The molecule has 1 rings (SSSR count). The molecule has 0 radical (unpaired) electrons. The summed E-state index contributed by atoms with van der Waals surface area (Å²) in [6.45, 7) is 6.04. The molecule has 0 bridgehead atoms. The fraction of sp³-hybridized carbons (Fsp3) is 1.00. The van der Waals surface area contributed by atoms with Crippen LogP contribution in [0.25, 0.3) is 0 Å². The average Bonchev–Trinajstić information content (AvgIpc) is 2.62. The van der Waals surface area contributed by atoms with Crippen molar-refractivity contribution in [3.8, 4) is 0 Å². The van der Waals surface area contributed by atoms with E-state index in [4.69, 9.17) is 10.5 Å². The van der Waals surface area contributed by atoms with Crippen molar-refractivity contribution in [3.63, 3.8) is 0 Å². The van der Waals surface area contributed by atoms with Crippen LogP contribution in [0.5, 0.6) is 0 Å². The Balaban J connectivity index is 1.88. The van der Waals surface area contributed by atoms with Crippen molar-refractivity contribution in [1.82, 2.24) is 0 Å². The van der Waals surface area contributed by atoms with Crippen LogP contribution in [0.4, 0.5) is 0 Å². The van der Waals surface area contributed by atoms with Gasteiger partial charge in [0.15, 0.2) is 0 Å². The van der Waals surface area contributed by atoms with E-state index in [1.807, 2.05) is 0 Å². The molecule has 1 aliphatic carbocycles. The summed E-state index contributed by atoms with van der Waals surface area (Å²) in [5, 5.41) is 0. The quantitative estimate of drug-likeness (QED) is 0.614. The minimum atomic E-state index is 0.164. The lowest BCUT2D eigenvalue weighted by Gasteiger charge is -2.09. The summed E-state index contributed by atoms with van der Waals surface area (Å²) in [6, 6.07) is 0. The molecular weight excluding hydrogens is 138 g/mol. The van der Waals surface area contributed by atoms with Crippen LogP contribution in [0.3, 0.4) is 0 Å². The van der Waals surface area contributed by atoms with Gasteiger partial charge in [0, 0.05) is 18.8 Å². The van der Waals surface area contributed by atoms with Gasteiger partial charge < -0.3 is 10.5 Å². The molecule has 2 nitrogen and oxygen atoms in total. The highest BCUT2D eigenvalue weighted by molar-refractivity contribution is 4.98. The van der Waals surface area contributed by atoms with Crippen molar-refractivity contribution in [3.05, 3.63) is 0 Å². The third-order valence-corrected chi connectivity index (χ3v) is 2.09. The van der Waals surface area contributed by atoms with Gasteiger partial charge in [-0.25, -0.2) is 0 Å². The van der Waals surface area contributed by atoms with Crippen molar-refractivity contribution in [1.29, 1.82) is 0 Å². The molecule has 0 heterocycles. The SMILES string of the molecule is CC(C)COCCC1(N)CC1. The molecule has 1 aliphatic rings. The summed E-state index contributed by atoms with van der Waals surface area (Å²) < 4.78 is 5.43. The molecule has 0 saturated heterocycles. The first kappa shape index (κ1) is 9.01. The topological polar surface area (TPSA) is 35.2 Å². The summed E-state index contributed by atoms with van der Waals surface area (Å²) in [5.41, 5.74) is 6.05. The predicted molar refractivity (Wildman–Crippen MR) is 46.4 cm³/mol. The van der Waals surface area contributed by atoms with Crippen LogP contribution in [-0.2, 0) is 4.74 Å². The van der Waals surface area contributed by atoms with Gasteiger partial charge in [-0.3, -0.25) is 0 Å². The Bertz CT molecular complexity index is 119. The Hall–Kier alpha value is -0.0800. The fourth-order valence-corrected chi connectivity index (χ4v) is 1.01. The number of ether oxygens (including phenoxy) is 1. The van der Waals surface area contributed by atoms with Gasteiger partial charge in [-0.05, 0) is 25.2 Å². The van der Waals surface area contributed by atoms with Crippen LogP contribution >= 0.6 is 0 Å². The molecule has 66 valence electrons. The van der Waals surface area contributed by atoms with Crippen molar-refractivity contribution in [2.45, 2.75) is 38.6 Å². The van der Waals surface area contributed by atoms with Gasteiger partial charge in [0.1, 0.15) is 0 Å². The number of hydrogen-bond acceptors (Lipinski definition) is 2. The second-order valence-corrected chi connectivity index (χ2v) is 4.08. The highest BCUT2D eigenvalue weighted by atomic mass is 16.5. The van der Waals surface area contributed by atoms with Crippen LogP contribution in [0.2, 0.25) is 0 Å². The molecule has 1 fully saturated rings. The lowest BCUT2D eigenvalue weighted by molar-refractivity contribution is 0.102. The summed E-state index contributed by atoms with van der Waals surface area (Å²) in [5.74, 6) is 0.642. The Labute approximate surface area is 69.1 Å². The van der Waals surface area contributed by atoms with Crippen LogP contribution in [0.1, 0.15) is 33.1 Å². The molecule has 0 atom stereocenters. The summed E-state index contributed by atoms with van der Waals surface area (Å²) in [7, 11) is 0. The van der Waals surface area contributed by atoms with E-state index in [0.717, 1.165) is 19.6 Å². The van der Waals surface area contributed by atoms with Gasteiger partial charge >= 0.3 is 0 Å². The van der Waals surface area contributed by atoms with E-state index in [-0.39, 0.29) is 5.54 Å². The third kappa shape index (κ3) is 3.73. The Morgan fingerprint density at radius 2 is 2.09 bits per heavy atom. The molecule has 0 aromatic rings. The summed E-state index contributed by atoms with van der Waals surface area (Å²) >= 11 is 0. The predicted octanol–water partition coefficient (Wildman–Crippen LogP) is 1.54. The lowest BCUT2D eigenvalue weighted by atomic mass is 10.2. The van der Waals surface area contributed by atoms with Crippen molar-refractivity contribution < 1.29 is 4.74 Å². The van der Waals surface area contributed by atoms with E-state index < -0.39 is 0 Å². The number of nitrogens with two attached hydrogens (primary N) is 1. The van der Waals surface area contributed by atoms with Gasteiger partial charge in [0.25, 0.3) is 0 Å². The normalized spacial score (nSPS) is 20.7. The molecule has 0 unspecified atom stereocenters. The fourth-order valence-electron chi connectivity index (χ4n) is 1.01. The first-order valence-corrected chi connectivity index (χ1v) is 4.49. The van der Waals surface area contributed by atoms with Gasteiger partial charge in [0.2, 0.25) is 0 Å². The largest absolute Gasteiger partial charge is 0.381 e. The molecule has 2 N–H and O–H groups in total. The highest BCUT2D eigenvalue weighted by Gasteiger charge is 2.37. The van der Waals surface area contributed by atoms with Crippen LogP contribution in [-0.4, -0.2) is 18.8 Å². The van der Waals surface area contributed by atoms with E-state index in [9.17, 15) is 0 Å². The number of hydrogen-bond donors (Lipinski definition) is 1. The van der Waals surface area contributed by atoms with Crippen molar-refractivity contribution in [2.24, 2.45) is 11.7 Å². The Morgan fingerprint density at radius 1 is 1.45 bits per heavy atom. The van der Waals surface area contributed by atoms with Gasteiger partial charge in [-0.15, -0.1) is 0 Å². The van der Waals surface area contributed by atoms with Crippen LogP contribution in [0, 0.1) is 5.92 Å². The molecule has 2 heteroatoms. The second kappa shape index (κ2) is 3.55. The minimum absolute atomic E-state index is 0.164. The first-order valence-electron chi connectivity index (χ1n) is 4.49. The molecule has 11 heavy (non-hydrogen) atoms. The van der Waals surface area contributed by atoms with E-state index in [2.05, 4.69) is 13.8 Å². The smallest absolute Gasteiger partial charge is 0.0489 e. The molecule has 0 aromatic heterocycles. The zero-order valence-corrected chi connectivity index (χ0v) is 7.60. The monoisotopic (exact) mass is 157 g/mol. The molecule has 0 spiro atoms. The number of rotatable bonds is 5. The standard InChI is InChI=1S/C9H19NO/c1-8(2)7-11-6-5-9(10)3-4-9/h8H,3-7,10H2,1-2H3. The second-order valence-electron chi connectivity index (χ2n) is 4.08. The third-order valence-electron chi connectivity index (χ3n) is 2.09. The lowest BCUT2D eigenvalue weighted by Crippen LogP contribution is -2.23. The first-order chi connectivity index (χ1) is 5.12. The van der Waals surface area contributed by atoms with Crippen molar-refractivity contribution in [2.75, 3.05) is 13.2 Å². The van der Waals surface area contributed by atoms with E-state index in [1.165, 1.54) is 12.8 Å². The maximum atomic E-state index is 5.88. The zero-order chi connectivity index (χ0) is 8.32. The highest BCUT2D eigenvalue weighted by Crippen LogP contribution is 2.35.